The normalized spacial score (nSPS) is 18.3. The summed E-state index contributed by atoms with van der Waals surface area (Å²) < 4.78 is 5.80. The average Bonchev–Trinajstić information content (AvgIpc) is 2.47. The number of nitrogens with zero attached hydrogens (tertiary/aromatic N) is 1. The summed E-state index contributed by atoms with van der Waals surface area (Å²) in [5.41, 5.74) is 5.29. The molecule has 1 aromatic carbocycles. The molecule has 0 atom stereocenters. The van der Waals surface area contributed by atoms with Gasteiger partial charge < -0.3 is 9.64 Å². The second kappa shape index (κ2) is 3.85. The van der Waals surface area contributed by atoms with E-state index in [1.165, 1.54) is 11.3 Å². The lowest BCUT2D eigenvalue weighted by Crippen LogP contribution is -2.29. The monoisotopic (exact) mass is 251 g/mol. The van der Waals surface area contributed by atoms with Crippen LogP contribution in [-0.4, -0.2) is 26.0 Å². The molecule has 1 aromatic rings. The first-order valence-corrected chi connectivity index (χ1v) is 6.44. The van der Waals surface area contributed by atoms with Crippen molar-refractivity contribution in [3.05, 3.63) is 40.5 Å². The molecule has 0 fully saturated rings. The summed E-state index contributed by atoms with van der Waals surface area (Å²) in [5, 5.41) is 0. The zero-order chi connectivity index (χ0) is 12.8. The van der Waals surface area contributed by atoms with E-state index >= 15 is 0 Å². The lowest BCUT2D eigenvalue weighted by Gasteiger charge is -2.33. The predicted octanol–water partition coefficient (Wildman–Crippen LogP) is 2.52. The predicted molar refractivity (Wildman–Crippen MR) is 76.3 cm³/mol. The number of benzene rings is 1. The lowest BCUT2D eigenvalue weighted by molar-refractivity contribution is -0.105. The van der Waals surface area contributed by atoms with Gasteiger partial charge in [0.2, 0.25) is 0 Å². The van der Waals surface area contributed by atoms with Gasteiger partial charge in [-0.15, -0.1) is 0 Å². The van der Waals surface area contributed by atoms with E-state index in [1.807, 2.05) is 6.08 Å². The van der Waals surface area contributed by atoms with Gasteiger partial charge in [0.25, 0.3) is 0 Å². The average molecular weight is 251 g/mol. The highest BCUT2D eigenvalue weighted by Gasteiger charge is 2.25. The minimum absolute atomic E-state index is 0.367. The molecule has 19 heavy (non-hydrogen) atoms. The molecule has 0 saturated carbocycles. The van der Waals surface area contributed by atoms with Crippen LogP contribution in [-0.2, 0) is 4.79 Å². The van der Waals surface area contributed by atoms with Crippen LogP contribution in [0.4, 0.5) is 5.69 Å². The number of anilines is 1. The van der Waals surface area contributed by atoms with E-state index in [4.69, 9.17) is 4.74 Å². The van der Waals surface area contributed by atoms with Crippen molar-refractivity contribution >= 4 is 30.2 Å². The van der Waals surface area contributed by atoms with Gasteiger partial charge in [0, 0.05) is 29.8 Å². The molecule has 0 saturated heterocycles. The van der Waals surface area contributed by atoms with E-state index in [0.717, 1.165) is 36.3 Å². The fourth-order valence-electron chi connectivity index (χ4n) is 2.95. The van der Waals surface area contributed by atoms with Gasteiger partial charge in [-0.2, -0.15) is 0 Å². The number of rotatable bonds is 1. The minimum Gasteiger partial charge on any atom is -0.487 e. The number of aldehydes is 1. The Labute approximate surface area is 111 Å². The zero-order valence-corrected chi connectivity index (χ0v) is 10.4. The first-order valence-electron chi connectivity index (χ1n) is 6.44. The second-order valence-corrected chi connectivity index (χ2v) is 4.98. The van der Waals surface area contributed by atoms with Gasteiger partial charge in [-0.1, -0.05) is 24.3 Å². The highest BCUT2D eigenvalue weighted by atomic mass is 16.5. The first-order chi connectivity index (χ1) is 9.36. The largest absolute Gasteiger partial charge is 0.487 e. The summed E-state index contributed by atoms with van der Waals surface area (Å²) >= 11 is 0. The Morgan fingerprint density at radius 3 is 2.84 bits per heavy atom. The van der Waals surface area contributed by atoms with Crippen LogP contribution >= 0.6 is 0 Å². The molecule has 3 aliphatic rings. The highest BCUT2D eigenvalue weighted by Crippen LogP contribution is 2.43. The lowest BCUT2D eigenvalue weighted by atomic mass is 9.93. The number of ether oxygens (including phenoxy) is 1. The fraction of sp³-hybridized carbons (Fsp3) is 0.188. The number of hydrogen-bond acceptors (Lipinski definition) is 3. The van der Waals surface area contributed by atoms with E-state index < -0.39 is 0 Å². The van der Waals surface area contributed by atoms with Crippen LogP contribution < -0.4 is 9.64 Å². The molecule has 0 bridgehead atoms. The van der Waals surface area contributed by atoms with Gasteiger partial charge in [-0.25, -0.2) is 0 Å². The van der Waals surface area contributed by atoms with Gasteiger partial charge in [0.05, 0.1) is 5.69 Å². The summed E-state index contributed by atoms with van der Waals surface area (Å²) in [4.78, 5) is 13.2. The molecule has 3 aliphatic heterocycles. The number of hydrogen-bond donors (Lipinski definition) is 0. The van der Waals surface area contributed by atoms with Crippen LogP contribution in [0.25, 0.3) is 18.2 Å². The van der Waals surface area contributed by atoms with Crippen molar-refractivity contribution in [3.8, 4) is 5.75 Å². The SMILES string of the molecule is O=CC1=Cc2cc3c4c(c2OC1)C=CCN4CC=C3. The first kappa shape index (κ1) is 10.6. The van der Waals surface area contributed by atoms with Crippen LogP contribution in [0.1, 0.15) is 16.7 Å². The Kier molecular flexibility index (Phi) is 2.15. The Balaban J connectivity index is 2.01. The number of carbonyl (C=O) groups is 1. The van der Waals surface area contributed by atoms with Crippen molar-refractivity contribution in [2.45, 2.75) is 0 Å². The Hall–Kier alpha value is -2.29. The Bertz CT molecular complexity index is 668. The number of carbonyl (C=O) groups excluding carboxylic acids is 1. The van der Waals surface area contributed by atoms with Crippen molar-refractivity contribution in [1.29, 1.82) is 0 Å². The quantitative estimate of drug-likeness (QED) is 0.718. The second-order valence-electron chi connectivity index (χ2n) is 4.98. The van der Waals surface area contributed by atoms with Crippen molar-refractivity contribution in [2.75, 3.05) is 24.6 Å². The van der Waals surface area contributed by atoms with Gasteiger partial charge in [0.1, 0.15) is 18.6 Å². The summed E-state index contributed by atoms with van der Waals surface area (Å²) in [6, 6.07) is 2.11. The molecular formula is C16H13NO2. The molecule has 3 nitrogen and oxygen atoms in total. The third-order valence-electron chi connectivity index (χ3n) is 3.77. The summed E-state index contributed by atoms with van der Waals surface area (Å²) in [7, 11) is 0. The molecule has 94 valence electrons. The maximum absolute atomic E-state index is 10.9. The molecule has 0 spiro atoms. The highest BCUT2D eigenvalue weighted by molar-refractivity contribution is 5.92. The third kappa shape index (κ3) is 1.48. The van der Waals surface area contributed by atoms with E-state index in [2.05, 4.69) is 35.3 Å². The maximum atomic E-state index is 10.9. The molecule has 3 heteroatoms. The summed E-state index contributed by atoms with van der Waals surface area (Å²) in [6.45, 7) is 2.25. The number of fused-ring (bicyclic) bond motifs is 2. The summed E-state index contributed by atoms with van der Waals surface area (Å²) in [5.74, 6) is 0.903. The molecule has 0 radical (unpaired) electrons. The van der Waals surface area contributed by atoms with E-state index in [9.17, 15) is 4.79 Å². The standard InChI is InChI=1S/C16H13NO2/c18-9-11-7-13-8-12-3-1-5-17-6-2-4-14(15(12)17)16(13)19-10-11/h1-4,7-9H,5-6,10H2. The van der Waals surface area contributed by atoms with Gasteiger partial charge in [0.15, 0.2) is 0 Å². The van der Waals surface area contributed by atoms with Gasteiger partial charge >= 0.3 is 0 Å². The van der Waals surface area contributed by atoms with Crippen LogP contribution in [0.3, 0.4) is 0 Å². The van der Waals surface area contributed by atoms with Crippen molar-refractivity contribution in [2.24, 2.45) is 0 Å². The van der Waals surface area contributed by atoms with Crippen molar-refractivity contribution < 1.29 is 9.53 Å². The van der Waals surface area contributed by atoms with Gasteiger partial charge in [-0.05, 0) is 17.7 Å². The van der Waals surface area contributed by atoms with Crippen molar-refractivity contribution in [3.63, 3.8) is 0 Å². The van der Waals surface area contributed by atoms with Crippen LogP contribution in [0.2, 0.25) is 0 Å². The van der Waals surface area contributed by atoms with E-state index in [1.54, 1.807) is 0 Å². The molecular weight excluding hydrogens is 238 g/mol. The molecule has 0 aromatic heterocycles. The molecule has 0 amide bonds. The van der Waals surface area contributed by atoms with Crippen LogP contribution in [0, 0.1) is 0 Å². The molecule has 0 aliphatic carbocycles. The molecule has 4 rings (SSSR count). The van der Waals surface area contributed by atoms with Crippen LogP contribution in [0.15, 0.2) is 23.8 Å². The van der Waals surface area contributed by atoms with E-state index in [-0.39, 0.29) is 0 Å². The molecule has 0 N–H and O–H groups in total. The molecule has 0 unspecified atom stereocenters. The topological polar surface area (TPSA) is 29.5 Å². The van der Waals surface area contributed by atoms with Crippen LogP contribution in [0.5, 0.6) is 5.75 Å². The zero-order valence-electron chi connectivity index (χ0n) is 10.4. The summed E-state index contributed by atoms with van der Waals surface area (Å²) in [6.07, 6.45) is 11.4. The van der Waals surface area contributed by atoms with Crippen molar-refractivity contribution in [1.82, 2.24) is 0 Å². The van der Waals surface area contributed by atoms with Gasteiger partial charge in [-0.3, -0.25) is 4.79 Å². The Morgan fingerprint density at radius 1 is 1.16 bits per heavy atom. The van der Waals surface area contributed by atoms with E-state index in [0.29, 0.717) is 12.2 Å². The fourth-order valence-corrected chi connectivity index (χ4v) is 2.95. The Morgan fingerprint density at radius 2 is 2.00 bits per heavy atom. The maximum Gasteiger partial charge on any atom is 0.149 e. The molecule has 3 heterocycles. The minimum atomic E-state index is 0.367. The third-order valence-corrected chi connectivity index (χ3v) is 3.77. The smallest absolute Gasteiger partial charge is 0.149 e.